The molecule has 104 valence electrons. The first-order valence-corrected chi connectivity index (χ1v) is 6.83. The van der Waals surface area contributed by atoms with Crippen LogP contribution in [0.4, 0.5) is 0 Å². The summed E-state index contributed by atoms with van der Waals surface area (Å²) in [5.41, 5.74) is 0. The largest absolute Gasteiger partial charge is 0.0776 e. The molecule has 0 saturated heterocycles. The van der Waals surface area contributed by atoms with E-state index in [0.717, 1.165) is 0 Å². The summed E-state index contributed by atoms with van der Waals surface area (Å²) in [6.45, 7) is 24.5. The minimum absolute atomic E-state index is 0. The molecule has 0 heteroatoms. The van der Waals surface area contributed by atoms with Gasteiger partial charge in [-0.1, -0.05) is 103 Å². The quantitative estimate of drug-likeness (QED) is 0.398. The van der Waals surface area contributed by atoms with E-state index in [1.807, 2.05) is 55.4 Å². The monoisotopic (exact) mass is 224 g/mol. The average molecular weight is 225 g/mol. The van der Waals surface area contributed by atoms with Gasteiger partial charge in [0.15, 0.2) is 0 Å². The van der Waals surface area contributed by atoms with Crippen molar-refractivity contribution in [2.24, 2.45) is 0 Å². The molecule has 0 aromatic rings. The third-order valence-corrected chi connectivity index (χ3v) is 0. The van der Waals surface area contributed by atoms with Gasteiger partial charge in [-0.15, -0.1) is 0 Å². The van der Waals surface area contributed by atoms with E-state index in [-0.39, 0.29) is 7.43 Å². The van der Waals surface area contributed by atoms with Crippen molar-refractivity contribution in [3.63, 3.8) is 0 Å². The second-order valence-electron chi connectivity index (χ2n) is 1.41. The lowest BCUT2D eigenvalue weighted by Gasteiger charge is -1.48. The molecule has 0 amide bonds. The lowest BCUT2D eigenvalue weighted by Crippen LogP contribution is -1.27. The summed E-state index contributed by atoms with van der Waals surface area (Å²) in [6.07, 6.45) is 2.50. The first-order chi connectivity index (χ1) is 6.83. The predicted molar refractivity (Wildman–Crippen MR) is 84.1 cm³/mol. The highest BCUT2D eigenvalue weighted by Crippen LogP contribution is 1.56. The Morgan fingerprint density at radius 3 is 0.400 bits per heavy atom. The summed E-state index contributed by atoms with van der Waals surface area (Å²) in [5, 5.41) is 0. The molecule has 0 N–H and O–H groups in total. The number of hydrogen-bond donors (Lipinski definition) is 0. The molecule has 0 fully saturated rings. The second-order valence-corrected chi connectivity index (χ2v) is 1.41. The van der Waals surface area contributed by atoms with E-state index >= 15 is 0 Å². The van der Waals surface area contributed by atoms with Gasteiger partial charge in [0.05, 0.1) is 0 Å². The van der Waals surface area contributed by atoms with Crippen LogP contribution in [0.2, 0.25) is 0 Å². The van der Waals surface area contributed by atoms with Crippen molar-refractivity contribution < 1.29 is 0 Å². The molecule has 0 spiro atoms. The highest BCUT2D eigenvalue weighted by atomic mass is 13.4. The van der Waals surface area contributed by atoms with Crippen LogP contribution in [0.25, 0.3) is 0 Å². The Hall–Kier alpha value is 0. The molecule has 0 saturated carbocycles. The molecule has 0 aliphatic heterocycles. The molecular formula is C15H44. The molecule has 0 nitrogen and oxygen atoms in total. The molecule has 0 aromatic carbocycles. The summed E-state index contributed by atoms with van der Waals surface area (Å²) in [5.74, 6) is 0. The number of rotatable bonds is 0. The van der Waals surface area contributed by atoms with E-state index in [1.54, 1.807) is 0 Å². The second kappa shape index (κ2) is 592. The van der Waals surface area contributed by atoms with Crippen LogP contribution >= 0.6 is 0 Å². The molecular weight excluding hydrogens is 180 g/mol. The maximum Gasteiger partial charge on any atom is -0.0590 e. The Kier molecular flexibility index (Phi) is 1810. The molecule has 0 rings (SSSR count). The van der Waals surface area contributed by atoms with Crippen LogP contribution in [0.3, 0.4) is 0 Å². The van der Waals surface area contributed by atoms with Crippen LogP contribution in [0, 0.1) is 0 Å². The van der Waals surface area contributed by atoms with Gasteiger partial charge in [0.25, 0.3) is 0 Å². The van der Waals surface area contributed by atoms with Gasteiger partial charge >= 0.3 is 0 Å². The van der Waals surface area contributed by atoms with E-state index in [4.69, 9.17) is 0 Å². The SMILES string of the molecule is C.CC.CC.CC.CC.CCC.CCC. The Morgan fingerprint density at radius 1 is 0.400 bits per heavy atom. The fraction of sp³-hybridized carbons (Fsp3) is 1.00. The van der Waals surface area contributed by atoms with Crippen LogP contribution < -0.4 is 0 Å². The molecule has 15 heavy (non-hydrogen) atoms. The van der Waals surface area contributed by atoms with Crippen LogP contribution in [0.1, 0.15) is 103 Å². The molecule has 0 aromatic heterocycles. The molecule has 0 bridgehead atoms. The zero-order chi connectivity index (χ0) is 13.4. The average Bonchev–Trinajstić information content (AvgIpc) is 2.31. The lowest BCUT2D eigenvalue weighted by atomic mass is 10.6. The first kappa shape index (κ1) is 45.9. The van der Waals surface area contributed by atoms with Crippen LogP contribution in [-0.4, -0.2) is 0 Å². The van der Waals surface area contributed by atoms with Crippen molar-refractivity contribution >= 4 is 0 Å². The number of hydrogen-bond acceptors (Lipinski definition) is 0. The van der Waals surface area contributed by atoms with Gasteiger partial charge in [0.2, 0.25) is 0 Å². The minimum atomic E-state index is 0. The molecule has 0 atom stereocenters. The third kappa shape index (κ3) is 0. The van der Waals surface area contributed by atoms with Gasteiger partial charge in [-0.25, -0.2) is 0 Å². The van der Waals surface area contributed by atoms with Gasteiger partial charge < -0.3 is 0 Å². The van der Waals surface area contributed by atoms with E-state index < -0.39 is 0 Å². The molecule has 0 radical (unpaired) electrons. The van der Waals surface area contributed by atoms with Crippen molar-refractivity contribution in [3.8, 4) is 0 Å². The fourth-order valence-electron chi connectivity index (χ4n) is 0. The van der Waals surface area contributed by atoms with Crippen LogP contribution in [-0.2, 0) is 0 Å². The van der Waals surface area contributed by atoms with Gasteiger partial charge in [-0.05, 0) is 0 Å². The van der Waals surface area contributed by atoms with Gasteiger partial charge in [0.1, 0.15) is 0 Å². The molecule has 0 aliphatic rings. The highest BCUT2D eigenvalue weighted by Gasteiger charge is 1.36. The van der Waals surface area contributed by atoms with Crippen molar-refractivity contribution in [2.75, 3.05) is 0 Å². The normalized spacial score (nSPS) is 4.00. The van der Waals surface area contributed by atoms with Gasteiger partial charge in [0, 0.05) is 0 Å². The minimum Gasteiger partial charge on any atom is -0.0776 e. The highest BCUT2D eigenvalue weighted by molar-refractivity contribution is 3.92. The van der Waals surface area contributed by atoms with E-state index in [9.17, 15) is 0 Å². The molecule has 0 aliphatic carbocycles. The third-order valence-electron chi connectivity index (χ3n) is 0. The Balaban J connectivity index is -0.0000000103. The Morgan fingerprint density at radius 2 is 0.400 bits per heavy atom. The van der Waals surface area contributed by atoms with Crippen molar-refractivity contribution in [1.29, 1.82) is 0 Å². The topological polar surface area (TPSA) is 0 Å². The van der Waals surface area contributed by atoms with Gasteiger partial charge in [-0.3, -0.25) is 0 Å². The fourth-order valence-corrected chi connectivity index (χ4v) is 0. The van der Waals surface area contributed by atoms with Crippen LogP contribution in [0.5, 0.6) is 0 Å². The van der Waals surface area contributed by atoms with Crippen molar-refractivity contribution in [1.82, 2.24) is 0 Å². The maximum atomic E-state index is 2.12. The van der Waals surface area contributed by atoms with Crippen molar-refractivity contribution in [2.45, 2.75) is 103 Å². The summed E-state index contributed by atoms with van der Waals surface area (Å²) in [4.78, 5) is 0. The summed E-state index contributed by atoms with van der Waals surface area (Å²) in [6, 6.07) is 0. The zero-order valence-electron chi connectivity index (χ0n) is 13.4. The molecule has 0 heterocycles. The van der Waals surface area contributed by atoms with E-state index in [1.165, 1.54) is 12.8 Å². The lowest BCUT2D eigenvalue weighted by molar-refractivity contribution is 1.09. The summed E-state index contributed by atoms with van der Waals surface area (Å²) >= 11 is 0. The Labute approximate surface area is 104 Å². The first-order valence-electron chi connectivity index (χ1n) is 6.83. The van der Waals surface area contributed by atoms with Gasteiger partial charge in [-0.2, -0.15) is 0 Å². The standard InChI is InChI=1S/2C3H8.4C2H6.CH4/c2*1-3-2;4*1-2;/h2*3H2,1-2H3;4*1-2H3;1H4. The Bertz CT molecular complexity index is 2.00. The summed E-state index contributed by atoms with van der Waals surface area (Å²) in [7, 11) is 0. The van der Waals surface area contributed by atoms with Crippen LogP contribution in [0.15, 0.2) is 0 Å². The molecule has 0 unspecified atom stereocenters. The smallest absolute Gasteiger partial charge is 0.0590 e. The summed E-state index contributed by atoms with van der Waals surface area (Å²) < 4.78 is 0. The van der Waals surface area contributed by atoms with E-state index in [2.05, 4.69) is 27.7 Å². The van der Waals surface area contributed by atoms with E-state index in [0.29, 0.717) is 0 Å². The zero-order valence-corrected chi connectivity index (χ0v) is 13.4. The van der Waals surface area contributed by atoms with Crippen molar-refractivity contribution in [3.05, 3.63) is 0 Å². The maximum absolute atomic E-state index is 2.12. The predicted octanol–water partition coefficient (Wildman–Crippen LogP) is 7.57.